The molecule has 1 aliphatic heterocycles. The van der Waals surface area contributed by atoms with Crippen LogP contribution in [0.5, 0.6) is 0 Å². The number of carbonyl (C=O) groups is 1. The molecule has 3 rings (SSSR count). The number of benzene rings is 1. The molecule has 0 bridgehead atoms. The number of aryl methyl sites for hydroxylation is 1. The molecule has 0 radical (unpaired) electrons. The van der Waals surface area contributed by atoms with Crippen molar-refractivity contribution < 1.29 is 14.3 Å². The Balaban J connectivity index is 1.80. The molecule has 0 aliphatic carbocycles. The van der Waals surface area contributed by atoms with E-state index >= 15 is 0 Å². The highest BCUT2D eigenvalue weighted by atomic mass is 35.5. The number of aliphatic hydroxyl groups is 1. The van der Waals surface area contributed by atoms with Gasteiger partial charge >= 0.3 is 0 Å². The highest BCUT2D eigenvalue weighted by molar-refractivity contribution is 6.31. The summed E-state index contributed by atoms with van der Waals surface area (Å²) in [4.78, 5) is 16.6. The minimum Gasteiger partial charge on any atom is -0.451 e. The fourth-order valence-electron chi connectivity index (χ4n) is 2.86. The molecule has 1 aromatic heterocycles. The lowest BCUT2D eigenvalue weighted by atomic mass is 10.1. The number of halogens is 1. The average Bonchev–Trinajstić information content (AvgIpc) is 2.84. The zero-order valence-electron chi connectivity index (χ0n) is 12.5. The fraction of sp³-hybridized carbons (Fsp3) is 0.438. The van der Waals surface area contributed by atoms with Crippen molar-refractivity contribution in [1.29, 1.82) is 0 Å². The predicted octanol–water partition coefficient (Wildman–Crippen LogP) is 2.14. The first-order valence-electron chi connectivity index (χ1n) is 7.41. The molecule has 0 saturated carbocycles. The number of fused-ring (bicyclic) bond motifs is 1. The van der Waals surface area contributed by atoms with E-state index in [4.69, 9.17) is 21.1 Å². The number of carbonyl (C=O) groups excluding carboxylic acids is 1. The number of amides is 1. The van der Waals surface area contributed by atoms with Gasteiger partial charge in [0.2, 0.25) is 0 Å². The Kier molecular flexibility index (Phi) is 4.38. The van der Waals surface area contributed by atoms with E-state index in [1.54, 1.807) is 17.0 Å². The van der Waals surface area contributed by atoms with E-state index in [0.717, 1.165) is 24.0 Å². The zero-order chi connectivity index (χ0) is 15.7. The SMILES string of the molecule is Cc1c(C(=O)N2CCN(CCO)CC2)oc2ccc(Cl)cc12. The molecule has 6 heteroatoms. The number of hydrogen-bond donors (Lipinski definition) is 1. The monoisotopic (exact) mass is 322 g/mol. The lowest BCUT2D eigenvalue weighted by Gasteiger charge is -2.33. The molecule has 118 valence electrons. The number of piperazine rings is 1. The van der Waals surface area contributed by atoms with E-state index in [1.807, 2.05) is 13.0 Å². The molecule has 1 aliphatic rings. The first-order valence-corrected chi connectivity index (χ1v) is 7.79. The van der Waals surface area contributed by atoms with Gasteiger partial charge in [-0.3, -0.25) is 9.69 Å². The molecule has 0 spiro atoms. The zero-order valence-corrected chi connectivity index (χ0v) is 13.3. The Hall–Kier alpha value is -1.56. The van der Waals surface area contributed by atoms with Crippen LogP contribution in [0.4, 0.5) is 0 Å². The third-order valence-electron chi connectivity index (χ3n) is 4.17. The average molecular weight is 323 g/mol. The highest BCUT2D eigenvalue weighted by Crippen LogP contribution is 2.28. The quantitative estimate of drug-likeness (QED) is 0.940. The summed E-state index contributed by atoms with van der Waals surface area (Å²) in [6, 6.07) is 5.38. The Morgan fingerprint density at radius 1 is 1.32 bits per heavy atom. The van der Waals surface area contributed by atoms with Crippen molar-refractivity contribution in [3.63, 3.8) is 0 Å². The minimum atomic E-state index is -0.0755. The van der Waals surface area contributed by atoms with Gasteiger partial charge in [-0.2, -0.15) is 0 Å². The summed E-state index contributed by atoms with van der Waals surface area (Å²) in [5.74, 6) is 0.321. The summed E-state index contributed by atoms with van der Waals surface area (Å²) in [5, 5.41) is 10.5. The maximum absolute atomic E-state index is 12.7. The Morgan fingerprint density at radius 3 is 2.73 bits per heavy atom. The van der Waals surface area contributed by atoms with Gasteiger partial charge in [-0.25, -0.2) is 0 Å². The van der Waals surface area contributed by atoms with E-state index in [2.05, 4.69) is 4.90 Å². The normalized spacial score (nSPS) is 16.4. The maximum Gasteiger partial charge on any atom is 0.289 e. The molecule has 1 saturated heterocycles. The largest absolute Gasteiger partial charge is 0.451 e. The summed E-state index contributed by atoms with van der Waals surface area (Å²) in [6.45, 7) is 5.54. The molecular weight excluding hydrogens is 304 g/mol. The number of furan rings is 1. The number of β-amino-alcohol motifs (C(OH)–C–C–N with tert-alkyl or cyclic N) is 1. The van der Waals surface area contributed by atoms with Gasteiger partial charge in [-0.1, -0.05) is 11.6 Å². The molecule has 0 atom stereocenters. The Bertz CT molecular complexity index is 690. The second-order valence-electron chi connectivity index (χ2n) is 5.55. The van der Waals surface area contributed by atoms with E-state index in [9.17, 15) is 4.79 Å². The second kappa shape index (κ2) is 6.28. The van der Waals surface area contributed by atoms with Crippen molar-refractivity contribution in [3.8, 4) is 0 Å². The lowest BCUT2D eigenvalue weighted by Crippen LogP contribution is -2.49. The topological polar surface area (TPSA) is 56.9 Å². The van der Waals surface area contributed by atoms with E-state index in [0.29, 0.717) is 36.0 Å². The van der Waals surface area contributed by atoms with Crippen LogP contribution < -0.4 is 0 Å². The second-order valence-corrected chi connectivity index (χ2v) is 5.99. The van der Waals surface area contributed by atoms with Crippen LogP contribution in [0.25, 0.3) is 11.0 Å². The van der Waals surface area contributed by atoms with E-state index in [-0.39, 0.29) is 12.5 Å². The van der Waals surface area contributed by atoms with E-state index in [1.165, 1.54) is 0 Å². The minimum absolute atomic E-state index is 0.0755. The van der Waals surface area contributed by atoms with Gasteiger partial charge in [0.25, 0.3) is 5.91 Å². The van der Waals surface area contributed by atoms with Crippen LogP contribution >= 0.6 is 11.6 Å². The number of nitrogens with zero attached hydrogens (tertiary/aromatic N) is 2. The first-order chi connectivity index (χ1) is 10.6. The molecule has 1 fully saturated rings. The van der Waals surface area contributed by atoms with E-state index < -0.39 is 0 Å². The summed E-state index contributed by atoms with van der Waals surface area (Å²) >= 11 is 6.01. The highest BCUT2D eigenvalue weighted by Gasteiger charge is 2.26. The molecule has 1 amide bonds. The van der Waals surface area contributed by atoms with Crippen molar-refractivity contribution in [1.82, 2.24) is 9.80 Å². The lowest BCUT2D eigenvalue weighted by molar-refractivity contribution is 0.0586. The Labute approximate surface area is 134 Å². The molecule has 0 unspecified atom stereocenters. The molecule has 1 aromatic carbocycles. The van der Waals surface area contributed by atoms with Gasteiger partial charge in [-0.05, 0) is 25.1 Å². The van der Waals surface area contributed by atoms with Gasteiger partial charge in [0, 0.05) is 48.7 Å². The third-order valence-corrected chi connectivity index (χ3v) is 4.40. The summed E-state index contributed by atoms with van der Waals surface area (Å²) < 4.78 is 5.74. The number of aliphatic hydroxyl groups excluding tert-OH is 1. The summed E-state index contributed by atoms with van der Waals surface area (Å²) in [7, 11) is 0. The predicted molar refractivity (Wildman–Crippen MR) is 85.4 cm³/mol. The maximum atomic E-state index is 12.7. The van der Waals surface area contributed by atoms with Crippen molar-refractivity contribution >= 4 is 28.5 Å². The molecule has 5 nitrogen and oxygen atoms in total. The summed E-state index contributed by atoms with van der Waals surface area (Å²) in [6.07, 6.45) is 0. The van der Waals surface area contributed by atoms with Crippen molar-refractivity contribution in [3.05, 3.63) is 34.5 Å². The van der Waals surface area contributed by atoms with Gasteiger partial charge in [0.1, 0.15) is 5.58 Å². The van der Waals surface area contributed by atoms with Gasteiger partial charge in [-0.15, -0.1) is 0 Å². The molecule has 22 heavy (non-hydrogen) atoms. The van der Waals surface area contributed by atoms with Gasteiger partial charge in [0.05, 0.1) is 6.61 Å². The Morgan fingerprint density at radius 2 is 2.05 bits per heavy atom. The van der Waals surface area contributed by atoms with Crippen LogP contribution in [0, 0.1) is 6.92 Å². The fourth-order valence-corrected chi connectivity index (χ4v) is 3.03. The van der Waals surface area contributed by atoms with Gasteiger partial charge < -0.3 is 14.4 Å². The molecule has 2 heterocycles. The smallest absolute Gasteiger partial charge is 0.289 e. The number of rotatable bonds is 3. The van der Waals surface area contributed by atoms with Crippen LogP contribution in [0.2, 0.25) is 5.02 Å². The van der Waals surface area contributed by atoms with Crippen molar-refractivity contribution in [2.45, 2.75) is 6.92 Å². The van der Waals surface area contributed by atoms with Crippen molar-refractivity contribution in [2.24, 2.45) is 0 Å². The summed E-state index contributed by atoms with van der Waals surface area (Å²) in [5.41, 5.74) is 1.52. The molecule has 2 aromatic rings. The first kappa shape index (κ1) is 15.3. The van der Waals surface area contributed by atoms with Crippen LogP contribution in [0.15, 0.2) is 22.6 Å². The third kappa shape index (κ3) is 2.84. The van der Waals surface area contributed by atoms with Gasteiger partial charge in [0.15, 0.2) is 5.76 Å². The van der Waals surface area contributed by atoms with Crippen LogP contribution in [-0.2, 0) is 0 Å². The van der Waals surface area contributed by atoms with Crippen LogP contribution in [0.1, 0.15) is 16.1 Å². The van der Waals surface area contributed by atoms with Crippen LogP contribution in [-0.4, -0.2) is 60.1 Å². The number of hydrogen-bond acceptors (Lipinski definition) is 4. The molecular formula is C16H19ClN2O3. The standard InChI is InChI=1S/C16H19ClN2O3/c1-11-13-10-12(17)2-3-14(13)22-15(11)16(21)19-6-4-18(5-7-19)8-9-20/h2-3,10,20H,4-9H2,1H3. The van der Waals surface area contributed by atoms with Crippen LogP contribution in [0.3, 0.4) is 0 Å². The van der Waals surface area contributed by atoms with Crippen molar-refractivity contribution in [2.75, 3.05) is 39.3 Å². The molecule has 1 N–H and O–H groups in total.